The Labute approximate surface area is 116 Å². The lowest BCUT2D eigenvalue weighted by Crippen LogP contribution is -1.79. The number of thioether (sulfide) groups is 1. The van der Waals surface area contributed by atoms with Crippen LogP contribution < -0.4 is 0 Å². The fourth-order valence-corrected chi connectivity index (χ4v) is 2.41. The van der Waals surface area contributed by atoms with Crippen LogP contribution in [0.3, 0.4) is 0 Å². The van der Waals surface area contributed by atoms with Crippen molar-refractivity contribution in [2.75, 3.05) is 0 Å². The van der Waals surface area contributed by atoms with Crippen molar-refractivity contribution >= 4 is 11.8 Å². The normalized spacial score (nSPS) is 14.4. The van der Waals surface area contributed by atoms with Gasteiger partial charge in [0.25, 0.3) is 0 Å². The summed E-state index contributed by atoms with van der Waals surface area (Å²) in [6.07, 6.45) is 8.36. The molecule has 1 fully saturated rings. The van der Waals surface area contributed by atoms with Gasteiger partial charge in [-0.05, 0) is 42.5 Å². The Kier molecular flexibility index (Phi) is 6.59. The van der Waals surface area contributed by atoms with Gasteiger partial charge < -0.3 is 0 Å². The molecule has 1 aliphatic rings. The van der Waals surface area contributed by atoms with E-state index in [9.17, 15) is 0 Å². The maximum absolute atomic E-state index is 3.79. The molecule has 0 unspecified atom stereocenters. The molecule has 0 N–H and O–H groups in total. The Morgan fingerprint density at radius 2 is 1.78 bits per heavy atom. The first-order valence-corrected chi connectivity index (χ1v) is 7.38. The third-order valence-corrected chi connectivity index (χ3v) is 3.69. The minimum Gasteiger partial charge on any atom is -0.0990 e. The van der Waals surface area contributed by atoms with Crippen molar-refractivity contribution in [2.24, 2.45) is 0 Å². The molecule has 0 heterocycles. The zero-order chi connectivity index (χ0) is 13.4. The smallest absolute Gasteiger partial charge is 0.0122 e. The molecular weight excluding hydrogens is 236 g/mol. The molecule has 18 heavy (non-hydrogen) atoms. The van der Waals surface area contributed by atoms with Crippen LogP contribution in [0.25, 0.3) is 0 Å². The molecule has 1 aliphatic carbocycles. The number of allylic oxidation sites excluding steroid dienone is 3. The van der Waals surface area contributed by atoms with Crippen LogP contribution in [0.15, 0.2) is 65.5 Å². The Balaban J connectivity index is 0.000000771. The molecule has 0 atom stereocenters. The van der Waals surface area contributed by atoms with E-state index in [2.05, 4.69) is 37.4 Å². The second-order valence-corrected chi connectivity index (χ2v) is 5.10. The Morgan fingerprint density at radius 3 is 2.22 bits per heavy atom. The summed E-state index contributed by atoms with van der Waals surface area (Å²) < 4.78 is 0. The van der Waals surface area contributed by atoms with E-state index >= 15 is 0 Å². The van der Waals surface area contributed by atoms with Crippen LogP contribution in [0.4, 0.5) is 0 Å². The highest BCUT2D eigenvalue weighted by Crippen LogP contribution is 2.40. The molecule has 0 nitrogen and oxygen atoms in total. The predicted octanol–water partition coefficient (Wildman–Crippen LogP) is 5.94. The summed E-state index contributed by atoms with van der Waals surface area (Å²) in [6, 6.07) is 8.88. The van der Waals surface area contributed by atoms with Gasteiger partial charge >= 0.3 is 0 Å². The molecule has 1 heteroatoms. The summed E-state index contributed by atoms with van der Waals surface area (Å²) in [5.74, 6) is 0.835. The first-order valence-electron chi connectivity index (χ1n) is 6.56. The summed E-state index contributed by atoms with van der Waals surface area (Å²) in [4.78, 5) is 2.39. The summed E-state index contributed by atoms with van der Waals surface area (Å²) >= 11 is 1.73. The molecule has 0 aromatic heterocycles. The highest BCUT2D eigenvalue weighted by atomic mass is 32.2. The third-order valence-electron chi connectivity index (χ3n) is 2.65. The lowest BCUT2D eigenvalue weighted by molar-refractivity contribution is 1.12. The molecule has 0 amide bonds. The van der Waals surface area contributed by atoms with Crippen LogP contribution in [-0.2, 0) is 0 Å². The molecule has 0 spiro atoms. The van der Waals surface area contributed by atoms with E-state index < -0.39 is 0 Å². The van der Waals surface area contributed by atoms with E-state index in [1.165, 1.54) is 23.3 Å². The minimum absolute atomic E-state index is 0.835. The van der Waals surface area contributed by atoms with Gasteiger partial charge in [-0.15, -0.1) is 0 Å². The SMILES string of the molecule is C=C/C=C(\C=C)Sc1ccc(C2CC2)cc1.CC. The molecule has 0 saturated heterocycles. The quantitative estimate of drug-likeness (QED) is 0.465. The van der Waals surface area contributed by atoms with Crippen molar-refractivity contribution in [1.29, 1.82) is 0 Å². The molecule has 96 valence electrons. The van der Waals surface area contributed by atoms with Gasteiger partial charge in [-0.3, -0.25) is 0 Å². The number of hydrogen-bond donors (Lipinski definition) is 0. The molecule has 2 rings (SSSR count). The van der Waals surface area contributed by atoms with E-state index in [-0.39, 0.29) is 0 Å². The maximum atomic E-state index is 3.79. The third kappa shape index (κ3) is 4.58. The van der Waals surface area contributed by atoms with Crippen LogP contribution >= 0.6 is 11.8 Å². The molecule has 1 aromatic carbocycles. The van der Waals surface area contributed by atoms with Crippen molar-refractivity contribution in [3.63, 3.8) is 0 Å². The van der Waals surface area contributed by atoms with E-state index in [1.54, 1.807) is 17.8 Å². The highest BCUT2D eigenvalue weighted by molar-refractivity contribution is 8.03. The van der Waals surface area contributed by atoms with Crippen LogP contribution in [0.1, 0.15) is 38.2 Å². The van der Waals surface area contributed by atoms with E-state index in [0.717, 1.165) is 10.8 Å². The second-order valence-electron chi connectivity index (χ2n) is 3.95. The van der Waals surface area contributed by atoms with Gasteiger partial charge in [0.15, 0.2) is 0 Å². The standard InChI is InChI=1S/C15H16S.C2H6/c1-3-5-14(4-2)16-15-10-8-13(9-11-15)12-6-7-12;1-2/h3-5,8-12H,1-2,6-7H2;1-2H3/b14-5+;. The Hall–Kier alpha value is -1.21. The van der Waals surface area contributed by atoms with Crippen LogP contribution in [0.5, 0.6) is 0 Å². The summed E-state index contributed by atoms with van der Waals surface area (Å²) in [6.45, 7) is 11.5. The highest BCUT2D eigenvalue weighted by Gasteiger charge is 2.22. The average Bonchev–Trinajstić information content (AvgIpc) is 3.26. The van der Waals surface area contributed by atoms with Crippen molar-refractivity contribution in [1.82, 2.24) is 0 Å². The monoisotopic (exact) mass is 258 g/mol. The van der Waals surface area contributed by atoms with E-state index in [4.69, 9.17) is 0 Å². The molecule has 0 aliphatic heterocycles. The Bertz CT molecular complexity index is 408. The fourth-order valence-electron chi connectivity index (χ4n) is 1.62. The Morgan fingerprint density at radius 1 is 1.17 bits per heavy atom. The maximum Gasteiger partial charge on any atom is 0.0122 e. The van der Waals surface area contributed by atoms with Gasteiger partial charge in [-0.2, -0.15) is 0 Å². The topological polar surface area (TPSA) is 0 Å². The van der Waals surface area contributed by atoms with Gasteiger partial charge in [0.1, 0.15) is 0 Å². The van der Waals surface area contributed by atoms with Crippen molar-refractivity contribution in [3.8, 4) is 0 Å². The van der Waals surface area contributed by atoms with Gasteiger partial charge in [0.05, 0.1) is 0 Å². The number of hydrogen-bond acceptors (Lipinski definition) is 1. The zero-order valence-corrected chi connectivity index (χ0v) is 12.2. The van der Waals surface area contributed by atoms with Gasteiger partial charge in [0.2, 0.25) is 0 Å². The van der Waals surface area contributed by atoms with Crippen LogP contribution in [-0.4, -0.2) is 0 Å². The van der Waals surface area contributed by atoms with Gasteiger partial charge in [-0.1, -0.05) is 63.1 Å². The molecule has 1 saturated carbocycles. The van der Waals surface area contributed by atoms with Gasteiger partial charge in [0, 0.05) is 9.80 Å². The van der Waals surface area contributed by atoms with Crippen molar-refractivity contribution in [2.45, 2.75) is 37.5 Å². The minimum atomic E-state index is 0.835. The van der Waals surface area contributed by atoms with Crippen LogP contribution in [0.2, 0.25) is 0 Å². The largest absolute Gasteiger partial charge is 0.0990 e. The second kappa shape index (κ2) is 7.99. The van der Waals surface area contributed by atoms with E-state index in [1.807, 2.05) is 26.0 Å². The summed E-state index contributed by atoms with van der Waals surface area (Å²) in [5, 5.41) is 0. The fraction of sp³-hybridized carbons (Fsp3) is 0.294. The zero-order valence-electron chi connectivity index (χ0n) is 11.4. The predicted molar refractivity (Wildman–Crippen MR) is 84.1 cm³/mol. The van der Waals surface area contributed by atoms with Crippen molar-refractivity contribution in [3.05, 3.63) is 66.1 Å². The number of rotatable bonds is 5. The lowest BCUT2D eigenvalue weighted by atomic mass is 10.1. The van der Waals surface area contributed by atoms with E-state index in [0.29, 0.717) is 0 Å². The lowest BCUT2D eigenvalue weighted by Gasteiger charge is -2.03. The molecule has 0 radical (unpaired) electrons. The summed E-state index contributed by atoms with van der Waals surface area (Å²) in [7, 11) is 0. The molecule has 1 aromatic rings. The summed E-state index contributed by atoms with van der Waals surface area (Å²) in [5.41, 5.74) is 1.48. The first kappa shape index (κ1) is 14.8. The van der Waals surface area contributed by atoms with Crippen molar-refractivity contribution < 1.29 is 0 Å². The first-order chi connectivity index (χ1) is 8.83. The molecular formula is C17H22S. The number of benzene rings is 1. The molecule has 0 bridgehead atoms. The average molecular weight is 258 g/mol. The van der Waals surface area contributed by atoms with Crippen LogP contribution in [0, 0.1) is 0 Å². The van der Waals surface area contributed by atoms with Gasteiger partial charge in [-0.25, -0.2) is 0 Å².